The van der Waals surface area contributed by atoms with Gasteiger partial charge in [0, 0.05) is 17.5 Å². The smallest absolute Gasteiger partial charge is 0.0895 e. The highest BCUT2D eigenvalue weighted by Crippen LogP contribution is 2.32. The van der Waals surface area contributed by atoms with Crippen molar-refractivity contribution in [3.63, 3.8) is 0 Å². The van der Waals surface area contributed by atoms with Gasteiger partial charge in [-0.2, -0.15) is 0 Å². The van der Waals surface area contributed by atoms with Gasteiger partial charge in [0.15, 0.2) is 0 Å². The van der Waals surface area contributed by atoms with Crippen molar-refractivity contribution >= 4 is 11.3 Å². The van der Waals surface area contributed by atoms with Crippen LogP contribution in [-0.2, 0) is 6.42 Å². The zero-order chi connectivity index (χ0) is 10.7. The molecule has 0 fully saturated rings. The van der Waals surface area contributed by atoms with Gasteiger partial charge in [0.1, 0.15) is 0 Å². The molecule has 2 atom stereocenters. The third-order valence-electron chi connectivity index (χ3n) is 2.86. The van der Waals surface area contributed by atoms with Gasteiger partial charge in [-0.05, 0) is 36.3 Å². The van der Waals surface area contributed by atoms with Crippen molar-refractivity contribution in [1.82, 2.24) is 5.32 Å². The Morgan fingerprint density at radius 3 is 3.27 bits per heavy atom. The molecule has 1 unspecified atom stereocenters. The van der Waals surface area contributed by atoms with E-state index in [0.717, 1.165) is 6.42 Å². The maximum absolute atomic E-state index is 9.28. The third-order valence-corrected chi connectivity index (χ3v) is 3.86. The molecule has 3 nitrogen and oxygen atoms in total. The van der Waals surface area contributed by atoms with Gasteiger partial charge in [0.05, 0.1) is 12.7 Å². The fourth-order valence-electron chi connectivity index (χ4n) is 2.04. The van der Waals surface area contributed by atoms with Crippen molar-refractivity contribution in [2.45, 2.75) is 31.4 Å². The Balaban J connectivity index is 1.95. The van der Waals surface area contributed by atoms with Crippen molar-refractivity contribution in [2.24, 2.45) is 0 Å². The monoisotopic (exact) mass is 227 g/mol. The van der Waals surface area contributed by atoms with E-state index in [1.165, 1.54) is 23.3 Å². The molecule has 0 saturated heterocycles. The first-order valence-corrected chi connectivity index (χ1v) is 6.28. The summed E-state index contributed by atoms with van der Waals surface area (Å²) in [6.45, 7) is 0.298. The molecule has 0 amide bonds. The summed E-state index contributed by atoms with van der Waals surface area (Å²) >= 11 is 1.82. The van der Waals surface area contributed by atoms with Crippen LogP contribution in [0.5, 0.6) is 0 Å². The maximum atomic E-state index is 9.28. The first kappa shape index (κ1) is 11.1. The van der Waals surface area contributed by atoms with Gasteiger partial charge < -0.3 is 15.5 Å². The molecule has 0 aromatic carbocycles. The summed E-state index contributed by atoms with van der Waals surface area (Å²) < 4.78 is 0. The molecule has 0 radical (unpaired) electrons. The van der Waals surface area contributed by atoms with Crippen molar-refractivity contribution in [3.05, 3.63) is 21.9 Å². The average Bonchev–Trinajstić information content (AvgIpc) is 2.74. The Hall–Kier alpha value is -0.420. The standard InChI is InChI=1S/C11H17NO2S/c13-7-8(14)6-12-10-2-1-3-11-9(10)4-5-15-11/h4-5,8,10,12-14H,1-3,6-7H2/t8-,10?/m0/s1. The zero-order valence-corrected chi connectivity index (χ0v) is 9.46. The van der Waals surface area contributed by atoms with Crippen molar-refractivity contribution < 1.29 is 10.2 Å². The van der Waals surface area contributed by atoms with Crippen LogP contribution in [-0.4, -0.2) is 29.5 Å². The summed E-state index contributed by atoms with van der Waals surface area (Å²) in [5.74, 6) is 0. The summed E-state index contributed by atoms with van der Waals surface area (Å²) in [5, 5.41) is 23.5. The van der Waals surface area contributed by atoms with E-state index in [1.807, 2.05) is 11.3 Å². The topological polar surface area (TPSA) is 52.5 Å². The van der Waals surface area contributed by atoms with E-state index in [0.29, 0.717) is 12.6 Å². The lowest BCUT2D eigenvalue weighted by atomic mass is 9.94. The molecule has 1 aromatic heterocycles. The largest absolute Gasteiger partial charge is 0.394 e. The van der Waals surface area contributed by atoms with Crippen molar-refractivity contribution in [2.75, 3.05) is 13.2 Å². The van der Waals surface area contributed by atoms with Gasteiger partial charge in [-0.3, -0.25) is 0 Å². The van der Waals surface area contributed by atoms with E-state index in [-0.39, 0.29) is 6.61 Å². The van der Waals surface area contributed by atoms with Gasteiger partial charge >= 0.3 is 0 Å². The number of hydrogen-bond acceptors (Lipinski definition) is 4. The molecule has 0 aliphatic heterocycles. The van der Waals surface area contributed by atoms with E-state index >= 15 is 0 Å². The number of aliphatic hydroxyl groups excluding tert-OH is 2. The predicted octanol–water partition coefficient (Wildman–Crippen LogP) is 1.07. The lowest BCUT2D eigenvalue weighted by Crippen LogP contribution is -2.33. The van der Waals surface area contributed by atoms with Gasteiger partial charge in [-0.15, -0.1) is 11.3 Å². The molecule has 4 heteroatoms. The molecule has 3 N–H and O–H groups in total. The van der Waals surface area contributed by atoms with Crippen LogP contribution in [0.4, 0.5) is 0 Å². The van der Waals surface area contributed by atoms with E-state index in [9.17, 15) is 5.11 Å². The quantitative estimate of drug-likeness (QED) is 0.721. The highest BCUT2D eigenvalue weighted by Gasteiger charge is 2.21. The van der Waals surface area contributed by atoms with Crippen LogP contribution < -0.4 is 5.32 Å². The molecule has 1 aliphatic carbocycles. The van der Waals surface area contributed by atoms with Crippen LogP contribution >= 0.6 is 11.3 Å². The summed E-state index contributed by atoms with van der Waals surface area (Å²) in [6.07, 6.45) is 2.88. The first-order chi connectivity index (χ1) is 7.31. The van der Waals surface area contributed by atoms with Gasteiger partial charge in [-0.25, -0.2) is 0 Å². The number of nitrogens with one attached hydrogen (secondary N) is 1. The Kier molecular flexibility index (Phi) is 3.75. The molecule has 0 bridgehead atoms. The molecule has 1 heterocycles. The van der Waals surface area contributed by atoms with E-state index in [2.05, 4.69) is 16.8 Å². The second-order valence-corrected chi connectivity index (χ2v) is 4.99. The summed E-state index contributed by atoms with van der Waals surface area (Å²) in [6, 6.07) is 2.53. The normalized spacial score (nSPS) is 22.4. The van der Waals surface area contributed by atoms with Crippen LogP contribution in [0.1, 0.15) is 29.3 Å². The Morgan fingerprint density at radius 2 is 2.47 bits per heavy atom. The van der Waals surface area contributed by atoms with E-state index in [1.54, 1.807) is 0 Å². The Morgan fingerprint density at radius 1 is 1.60 bits per heavy atom. The average molecular weight is 227 g/mol. The van der Waals surface area contributed by atoms with Crippen LogP contribution in [0.2, 0.25) is 0 Å². The number of thiophene rings is 1. The number of fused-ring (bicyclic) bond motifs is 1. The zero-order valence-electron chi connectivity index (χ0n) is 8.65. The minimum absolute atomic E-state index is 0.170. The lowest BCUT2D eigenvalue weighted by molar-refractivity contribution is 0.0912. The second-order valence-electron chi connectivity index (χ2n) is 3.99. The molecule has 84 valence electrons. The van der Waals surface area contributed by atoms with Gasteiger partial charge in [0.2, 0.25) is 0 Å². The number of aryl methyl sites for hydroxylation is 1. The second kappa shape index (κ2) is 5.07. The van der Waals surface area contributed by atoms with Gasteiger partial charge in [-0.1, -0.05) is 0 Å². The van der Waals surface area contributed by atoms with Gasteiger partial charge in [0.25, 0.3) is 0 Å². The molecule has 0 spiro atoms. The lowest BCUT2D eigenvalue weighted by Gasteiger charge is -2.24. The molecule has 2 rings (SSSR count). The van der Waals surface area contributed by atoms with Crippen LogP contribution in [0.3, 0.4) is 0 Å². The highest BCUT2D eigenvalue weighted by molar-refractivity contribution is 7.10. The van der Waals surface area contributed by atoms with Crippen molar-refractivity contribution in [1.29, 1.82) is 0 Å². The minimum Gasteiger partial charge on any atom is -0.394 e. The molecule has 1 aliphatic rings. The fraction of sp³-hybridized carbons (Fsp3) is 0.636. The first-order valence-electron chi connectivity index (χ1n) is 5.40. The Bertz CT molecular complexity index is 313. The third kappa shape index (κ3) is 2.58. The summed E-state index contributed by atoms with van der Waals surface area (Å²) in [7, 11) is 0. The Labute approximate surface area is 93.8 Å². The fourth-order valence-corrected chi connectivity index (χ4v) is 3.03. The number of hydrogen-bond donors (Lipinski definition) is 3. The predicted molar refractivity (Wildman–Crippen MR) is 61.1 cm³/mol. The summed E-state index contributed by atoms with van der Waals surface area (Å²) in [4.78, 5) is 1.47. The minimum atomic E-state index is -0.644. The SMILES string of the molecule is OC[C@@H](O)CNC1CCCc2sccc21. The van der Waals surface area contributed by atoms with Crippen LogP contribution in [0, 0.1) is 0 Å². The number of aliphatic hydroxyl groups is 2. The molecular formula is C11H17NO2S. The number of rotatable bonds is 4. The maximum Gasteiger partial charge on any atom is 0.0895 e. The van der Waals surface area contributed by atoms with Crippen molar-refractivity contribution in [3.8, 4) is 0 Å². The summed E-state index contributed by atoms with van der Waals surface area (Å²) in [5.41, 5.74) is 1.39. The molecule has 15 heavy (non-hydrogen) atoms. The van der Waals surface area contributed by atoms with Crippen LogP contribution in [0.25, 0.3) is 0 Å². The highest BCUT2D eigenvalue weighted by atomic mass is 32.1. The van der Waals surface area contributed by atoms with E-state index in [4.69, 9.17) is 5.11 Å². The van der Waals surface area contributed by atoms with Crippen LogP contribution in [0.15, 0.2) is 11.4 Å². The molecular weight excluding hydrogens is 210 g/mol. The molecule has 0 saturated carbocycles. The molecule has 1 aromatic rings. The van der Waals surface area contributed by atoms with E-state index < -0.39 is 6.10 Å².